The Morgan fingerprint density at radius 3 is 2.91 bits per heavy atom. The van der Waals surface area contributed by atoms with Crippen LogP contribution in [0.4, 0.5) is 0 Å². The fourth-order valence-electron chi connectivity index (χ4n) is 2.25. The average molecular weight is 320 g/mol. The molecule has 2 N–H and O–H groups in total. The molecule has 1 aliphatic heterocycles. The molecule has 0 atom stereocenters. The van der Waals surface area contributed by atoms with Crippen LogP contribution < -0.4 is 10.7 Å². The molecule has 0 aliphatic carbocycles. The molecule has 1 aromatic carbocycles. The van der Waals surface area contributed by atoms with Crippen molar-refractivity contribution in [3.63, 3.8) is 0 Å². The molecule has 2 rings (SSSR count). The van der Waals surface area contributed by atoms with Crippen molar-refractivity contribution in [3.8, 4) is 0 Å². The largest absolute Gasteiger partial charge is 0.379 e. The smallest absolute Gasteiger partial charge is 0.187 e. The van der Waals surface area contributed by atoms with Crippen molar-refractivity contribution in [1.29, 1.82) is 0 Å². The van der Waals surface area contributed by atoms with E-state index in [1.807, 2.05) is 0 Å². The van der Waals surface area contributed by atoms with E-state index in [2.05, 4.69) is 52.8 Å². The molecule has 0 radical (unpaired) electrons. The van der Waals surface area contributed by atoms with E-state index in [1.54, 1.807) is 6.21 Å². The van der Waals surface area contributed by atoms with E-state index in [-0.39, 0.29) is 0 Å². The number of hydrogen-bond acceptors (Lipinski definition) is 4. The first-order chi connectivity index (χ1) is 10.6. The number of rotatable bonds is 5. The molecule has 0 amide bonds. The van der Waals surface area contributed by atoms with Crippen molar-refractivity contribution >= 4 is 23.5 Å². The van der Waals surface area contributed by atoms with Crippen LogP contribution in [0.3, 0.4) is 0 Å². The third kappa shape index (κ3) is 5.71. The summed E-state index contributed by atoms with van der Waals surface area (Å²) in [7, 11) is 0. The third-order valence-electron chi connectivity index (χ3n) is 3.62. The molecular formula is C16H24N4OS. The van der Waals surface area contributed by atoms with Crippen molar-refractivity contribution < 1.29 is 4.74 Å². The van der Waals surface area contributed by atoms with Crippen molar-refractivity contribution in [2.45, 2.75) is 13.8 Å². The third-order valence-corrected chi connectivity index (χ3v) is 3.86. The maximum atomic E-state index is 5.32. The number of hydrogen-bond donors (Lipinski definition) is 2. The van der Waals surface area contributed by atoms with E-state index in [4.69, 9.17) is 17.0 Å². The van der Waals surface area contributed by atoms with Crippen LogP contribution >= 0.6 is 12.2 Å². The van der Waals surface area contributed by atoms with E-state index < -0.39 is 0 Å². The van der Waals surface area contributed by atoms with Gasteiger partial charge in [-0.3, -0.25) is 10.3 Å². The molecule has 5 nitrogen and oxygen atoms in total. The van der Waals surface area contributed by atoms with Gasteiger partial charge in [-0.1, -0.05) is 23.8 Å². The van der Waals surface area contributed by atoms with Gasteiger partial charge in [-0.05, 0) is 37.2 Å². The van der Waals surface area contributed by atoms with E-state index in [0.29, 0.717) is 5.11 Å². The van der Waals surface area contributed by atoms with Gasteiger partial charge in [0.25, 0.3) is 0 Å². The number of nitrogens with one attached hydrogen (secondary N) is 2. The van der Waals surface area contributed by atoms with E-state index in [9.17, 15) is 0 Å². The average Bonchev–Trinajstić information content (AvgIpc) is 2.52. The predicted octanol–water partition coefficient (Wildman–Crippen LogP) is 1.43. The SMILES string of the molecule is Cc1ccc(C)c(/C=N\NC(=S)NCCN2CCOCC2)c1. The van der Waals surface area contributed by atoms with Gasteiger partial charge in [0, 0.05) is 26.2 Å². The van der Waals surface area contributed by atoms with Gasteiger partial charge in [0.1, 0.15) is 0 Å². The Kier molecular flexibility index (Phi) is 6.76. The minimum absolute atomic E-state index is 0.551. The Balaban J connectivity index is 1.68. The Bertz CT molecular complexity index is 527. The highest BCUT2D eigenvalue weighted by Gasteiger charge is 2.09. The Hall–Kier alpha value is -1.50. The molecular weight excluding hydrogens is 296 g/mol. The van der Waals surface area contributed by atoms with E-state index in [0.717, 1.165) is 45.0 Å². The van der Waals surface area contributed by atoms with E-state index in [1.165, 1.54) is 11.1 Å². The molecule has 0 bridgehead atoms. The van der Waals surface area contributed by atoms with Crippen LogP contribution in [-0.4, -0.2) is 55.6 Å². The topological polar surface area (TPSA) is 48.9 Å². The second-order valence-corrected chi connectivity index (χ2v) is 5.85. The minimum atomic E-state index is 0.551. The summed E-state index contributed by atoms with van der Waals surface area (Å²) in [6, 6.07) is 6.29. The maximum absolute atomic E-state index is 5.32. The zero-order chi connectivity index (χ0) is 15.8. The predicted molar refractivity (Wildman–Crippen MR) is 94.5 cm³/mol. The fraction of sp³-hybridized carbons (Fsp3) is 0.500. The molecule has 1 saturated heterocycles. The first-order valence-corrected chi connectivity index (χ1v) is 8.00. The first-order valence-electron chi connectivity index (χ1n) is 7.59. The highest BCUT2D eigenvalue weighted by atomic mass is 32.1. The Morgan fingerprint density at radius 2 is 2.14 bits per heavy atom. The molecule has 120 valence electrons. The number of thiocarbonyl (C=S) groups is 1. The molecule has 6 heteroatoms. The van der Waals surface area contributed by atoms with Gasteiger partial charge in [-0.15, -0.1) is 0 Å². The fourth-order valence-corrected chi connectivity index (χ4v) is 2.41. The molecule has 1 fully saturated rings. The highest BCUT2D eigenvalue weighted by Crippen LogP contribution is 2.07. The first kappa shape index (κ1) is 16.9. The van der Waals surface area contributed by atoms with Gasteiger partial charge in [-0.2, -0.15) is 5.10 Å². The van der Waals surface area contributed by atoms with Crippen molar-refractivity contribution in [3.05, 3.63) is 34.9 Å². The molecule has 0 aromatic heterocycles. The lowest BCUT2D eigenvalue weighted by Crippen LogP contribution is -2.42. The lowest BCUT2D eigenvalue weighted by atomic mass is 10.1. The van der Waals surface area contributed by atoms with Crippen LogP contribution in [-0.2, 0) is 4.74 Å². The van der Waals surface area contributed by atoms with E-state index >= 15 is 0 Å². The summed E-state index contributed by atoms with van der Waals surface area (Å²) >= 11 is 5.22. The van der Waals surface area contributed by atoms with Gasteiger partial charge >= 0.3 is 0 Å². The Morgan fingerprint density at radius 1 is 1.36 bits per heavy atom. The summed E-state index contributed by atoms with van der Waals surface area (Å²) in [6.07, 6.45) is 1.80. The molecule has 0 saturated carbocycles. The molecule has 22 heavy (non-hydrogen) atoms. The van der Waals surface area contributed by atoms with Gasteiger partial charge in [0.05, 0.1) is 19.4 Å². The van der Waals surface area contributed by atoms with Crippen LogP contribution in [0.2, 0.25) is 0 Å². The van der Waals surface area contributed by atoms with Crippen LogP contribution in [0, 0.1) is 13.8 Å². The summed E-state index contributed by atoms with van der Waals surface area (Å²) in [5.74, 6) is 0. The number of hydrazone groups is 1. The van der Waals surface area contributed by atoms with Crippen molar-refractivity contribution in [1.82, 2.24) is 15.6 Å². The summed E-state index contributed by atoms with van der Waals surface area (Å²) in [4.78, 5) is 2.36. The van der Waals surface area contributed by atoms with Crippen molar-refractivity contribution in [2.75, 3.05) is 39.4 Å². The summed E-state index contributed by atoms with van der Waals surface area (Å²) in [5, 5.41) is 7.91. The number of morpholine rings is 1. The highest BCUT2D eigenvalue weighted by molar-refractivity contribution is 7.80. The summed E-state index contributed by atoms with van der Waals surface area (Å²) in [6.45, 7) is 9.55. The van der Waals surface area contributed by atoms with Gasteiger partial charge in [0.2, 0.25) is 0 Å². The number of aryl methyl sites for hydroxylation is 2. The Labute approximate surface area is 137 Å². The second kappa shape index (κ2) is 8.82. The molecule has 0 spiro atoms. The molecule has 0 unspecified atom stereocenters. The number of ether oxygens (including phenoxy) is 1. The zero-order valence-corrected chi connectivity index (χ0v) is 14.1. The quantitative estimate of drug-likeness (QED) is 0.488. The number of benzene rings is 1. The lowest BCUT2D eigenvalue weighted by molar-refractivity contribution is 0.0389. The van der Waals surface area contributed by atoms with Crippen LogP contribution in [0.15, 0.2) is 23.3 Å². The van der Waals surface area contributed by atoms with Gasteiger partial charge < -0.3 is 10.1 Å². The van der Waals surface area contributed by atoms with Gasteiger partial charge in [-0.25, -0.2) is 0 Å². The molecule has 1 aromatic rings. The minimum Gasteiger partial charge on any atom is -0.379 e. The lowest BCUT2D eigenvalue weighted by Gasteiger charge is -2.26. The van der Waals surface area contributed by atoms with Gasteiger partial charge in [0.15, 0.2) is 5.11 Å². The molecule has 1 heterocycles. The normalized spacial score (nSPS) is 15.9. The van der Waals surface area contributed by atoms with Crippen LogP contribution in [0.5, 0.6) is 0 Å². The van der Waals surface area contributed by atoms with Crippen LogP contribution in [0.25, 0.3) is 0 Å². The molecule has 1 aliphatic rings. The zero-order valence-electron chi connectivity index (χ0n) is 13.3. The standard InChI is InChI=1S/C16H24N4OS/c1-13-3-4-14(2)15(11-13)12-18-19-16(22)17-5-6-20-7-9-21-10-8-20/h3-4,11-12H,5-10H2,1-2H3,(H2,17,19,22)/b18-12-. The number of nitrogens with zero attached hydrogens (tertiary/aromatic N) is 2. The maximum Gasteiger partial charge on any atom is 0.187 e. The second-order valence-electron chi connectivity index (χ2n) is 5.44. The van der Waals surface area contributed by atoms with Crippen molar-refractivity contribution in [2.24, 2.45) is 5.10 Å². The monoisotopic (exact) mass is 320 g/mol. The van der Waals surface area contributed by atoms with Crippen LogP contribution in [0.1, 0.15) is 16.7 Å². The summed E-state index contributed by atoms with van der Waals surface area (Å²) in [5.41, 5.74) is 6.38. The summed E-state index contributed by atoms with van der Waals surface area (Å²) < 4.78 is 5.32.